The van der Waals surface area contributed by atoms with Gasteiger partial charge < -0.3 is 13.9 Å². The van der Waals surface area contributed by atoms with E-state index in [-0.39, 0.29) is 12.2 Å². The Morgan fingerprint density at radius 1 is 1.19 bits per heavy atom. The highest BCUT2D eigenvalue weighted by Gasteiger charge is 2.19. The van der Waals surface area contributed by atoms with Crippen molar-refractivity contribution in [3.8, 4) is 17.5 Å². The van der Waals surface area contributed by atoms with E-state index < -0.39 is 5.76 Å². The first-order valence-corrected chi connectivity index (χ1v) is 7.17. The second-order valence-electron chi connectivity index (χ2n) is 5.12. The van der Waals surface area contributed by atoms with E-state index in [0.29, 0.717) is 11.4 Å². The van der Waals surface area contributed by atoms with Crippen LogP contribution in [0.5, 0.6) is 11.8 Å². The summed E-state index contributed by atoms with van der Waals surface area (Å²) in [5.74, 6) is 0.167. The van der Waals surface area contributed by atoms with Crippen molar-refractivity contribution in [2.75, 3.05) is 7.11 Å². The van der Waals surface area contributed by atoms with Crippen molar-refractivity contribution in [2.45, 2.75) is 38.2 Å². The molecule has 0 aliphatic heterocycles. The summed E-state index contributed by atoms with van der Waals surface area (Å²) < 4.78 is 17.0. The van der Waals surface area contributed by atoms with E-state index >= 15 is 0 Å². The highest BCUT2D eigenvalue weighted by atomic mass is 16.6. The number of benzene rings is 1. The van der Waals surface area contributed by atoms with E-state index in [9.17, 15) is 4.79 Å². The Labute approximate surface area is 122 Å². The molecule has 1 aromatic heterocycles. The normalized spacial score (nSPS) is 15.9. The van der Waals surface area contributed by atoms with Gasteiger partial charge in [0.25, 0.3) is 0 Å². The molecule has 6 heteroatoms. The van der Waals surface area contributed by atoms with Crippen LogP contribution < -0.4 is 15.2 Å². The molecule has 0 amide bonds. The zero-order chi connectivity index (χ0) is 14.7. The van der Waals surface area contributed by atoms with Gasteiger partial charge in [-0.05, 0) is 49.9 Å². The Bertz CT molecular complexity index is 638. The Kier molecular flexibility index (Phi) is 3.94. The van der Waals surface area contributed by atoms with E-state index in [2.05, 4.69) is 5.10 Å². The van der Waals surface area contributed by atoms with Gasteiger partial charge >= 0.3 is 11.8 Å². The van der Waals surface area contributed by atoms with Crippen LogP contribution in [0.15, 0.2) is 33.5 Å². The molecule has 1 saturated carbocycles. The molecule has 1 aromatic carbocycles. The fourth-order valence-corrected chi connectivity index (χ4v) is 2.52. The van der Waals surface area contributed by atoms with Gasteiger partial charge in [0, 0.05) is 0 Å². The molecule has 0 radical (unpaired) electrons. The molecule has 1 aliphatic carbocycles. The molecule has 0 unspecified atom stereocenters. The van der Waals surface area contributed by atoms with E-state index in [1.807, 2.05) is 0 Å². The minimum atomic E-state index is -0.550. The van der Waals surface area contributed by atoms with Crippen LogP contribution in [0.4, 0.5) is 0 Å². The maximum Gasteiger partial charge on any atom is 0.444 e. The van der Waals surface area contributed by atoms with Crippen molar-refractivity contribution in [3.05, 3.63) is 34.8 Å². The second-order valence-corrected chi connectivity index (χ2v) is 5.12. The number of nitrogens with zero attached hydrogens (tertiary/aromatic N) is 2. The lowest BCUT2D eigenvalue weighted by atomic mass is 9.98. The molecule has 0 N–H and O–H groups in total. The summed E-state index contributed by atoms with van der Waals surface area (Å²) in [5, 5.41) is 4.10. The van der Waals surface area contributed by atoms with Gasteiger partial charge in [0.05, 0.1) is 12.8 Å². The van der Waals surface area contributed by atoms with Crippen LogP contribution in [0.2, 0.25) is 0 Å². The minimum absolute atomic E-state index is 0.0442. The van der Waals surface area contributed by atoms with Gasteiger partial charge in [-0.25, -0.2) is 4.79 Å². The summed E-state index contributed by atoms with van der Waals surface area (Å²) in [6.07, 6.45) is 5.65. The van der Waals surface area contributed by atoms with Gasteiger partial charge in [-0.3, -0.25) is 0 Å². The van der Waals surface area contributed by atoms with Gasteiger partial charge in [0.1, 0.15) is 11.9 Å². The van der Waals surface area contributed by atoms with E-state index in [1.54, 1.807) is 31.4 Å². The first-order chi connectivity index (χ1) is 10.3. The van der Waals surface area contributed by atoms with Crippen LogP contribution in [-0.2, 0) is 0 Å². The van der Waals surface area contributed by atoms with Gasteiger partial charge in [0.2, 0.25) is 0 Å². The minimum Gasteiger partial charge on any atom is -0.497 e. The lowest BCUT2D eigenvalue weighted by Gasteiger charge is -2.20. The SMILES string of the molecule is COc1ccc(-n2nc(OC3CCCCC3)oc2=O)cc1. The van der Waals surface area contributed by atoms with E-state index in [4.69, 9.17) is 13.9 Å². The number of aromatic nitrogens is 2. The maximum atomic E-state index is 11.9. The highest BCUT2D eigenvalue weighted by Crippen LogP contribution is 2.22. The average molecular weight is 290 g/mol. The zero-order valence-corrected chi connectivity index (χ0v) is 11.9. The van der Waals surface area contributed by atoms with Crippen molar-refractivity contribution in [1.82, 2.24) is 9.78 Å². The van der Waals surface area contributed by atoms with Crippen molar-refractivity contribution >= 4 is 0 Å². The molecule has 0 saturated heterocycles. The monoisotopic (exact) mass is 290 g/mol. The molecule has 1 heterocycles. The van der Waals surface area contributed by atoms with Gasteiger partial charge in [0.15, 0.2) is 0 Å². The smallest absolute Gasteiger partial charge is 0.444 e. The summed E-state index contributed by atoms with van der Waals surface area (Å²) in [4.78, 5) is 11.9. The van der Waals surface area contributed by atoms with Crippen LogP contribution >= 0.6 is 0 Å². The predicted molar refractivity (Wildman–Crippen MR) is 76.2 cm³/mol. The fourth-order valence-electron chi connectivity index (χ4n) is 2.52. The third-order valence-corrected chi connectivity index (χ3v) is 3.67. The third-order valence-electron chi connectivity index (χ3n) is 3.67. The molecule has 0 spiro atoms. The molecule has 2 aromatic rings. The topological polar surface area (TPSA) is 66.5 Å². The largest absolute Gasteiger partial charge is 0.497 e. The van der Waals surface area contributed by atoms with Crippen molar-refractivity contribution < 1.29 is 13.9 Å². The Morgan fingerprint density at radius 2 is 1.90 bits per heavy atom. The molecule has 0 atom stereocenters. The Morgan fingerprint density at radius 3 is 2.57 bits per heavy atom. The molecule has 1 fully saturated rings. The molecular weight excluding hydrogens is 272 g/mol. The molecule has 3 rings (SSSR count). The lowest BCUT2D eigenvalue weighted by molar-refractivity contribution is 0.111. The summed E-state index contributed by atoms with van der Waals surface area (Å²) in [6.45, 7) is 0. The molecule has 0 bridgehead atoms. The summed E-state index contributed by atoms with van der Waals surface area (Å²) in [6, 6.07) is 7.01. The number of hydrogen-bond donors (Lipinski definition) is 0. The maximum absolute atomic E-state index is 11.9. The van der Waals surface area contributed by atoms with Crippen LogP contribution in [-0.4, -0.2) is 23.0 Å². The molecule has 1 aliphatic rings. The highest BCUT2D eigenvalue weighted by molar-refractivity contribution is 5.36. The summed E-state index contributed by atoms with van der Waals surface area (Å²) in [7, 11) is 1.59. The second kappa shape index (κ2) is 6.03. The molecule has 21 heavy (non-hydrogen) atoms. The van der Waals surface area contributed by atoms with Crippen molar-refractivity contribution in [3.63, 3.8) is 0 Å². The standard InChI is InChI=1S/C15H18N2O4/c1-19-12-9-7-11(8-10-12)17-15(18)21-14(16-17)20-13-5-3-2-4-6-13/h7-10,13H,2-6H2,1H3. The number of hydrogen-bond acceptors (Lipinski definition) is 5. The average Bonchev–Trinajstić information content (AvgIpc) is 2.89. The number of methoxy groups -OCH3 is 1. The first kappa shape index (κ1) is 13.7. The van der Waals surface area contributed by atoms with E-state index in [1.165, 1.54) is 11.1 Å². The van der Waals surface area contributed by atoms with Gasteiger partial charge in [-0.2, -0.15) is 4.68 Å². The van der Waals surface area contributed by atoms with Crippen molar-refractivity contribution in [2.24, 2.45) is 0 Å². The third kappa shape index (κ3) is 3.09. The van der Waals surface area contributed by atoms with Crippen LogP contribution in [0.3, 0.4) is 0 Å². The summed E-state index contributed by atoms with van der Waals surface area (Å²) >= 11 is 0. The fraction of sp³-hybridized carbons (Fsp3) is 0.467. The van der Waals surface area contributed by atoms with Crippen molar-refractivity contribution in [1.29, 1.82) is 0 Å². The Hall–Kier alpha value is -2.24. The lowest BCUT2D eigenvalue weighted by Crippen LogP contribution is -2.19. The quantitative estimate of drug-likeness (QED) is 0.865. The van der Waals surface area contributed by atoms with Gasteiger partial charge in [-0.15, -0.1) is 0 Å². The Balaban J connectivity index is 1.78. The summed E-state index contributed by atoms with van der Waals surface area (Å²) in [5.41, 5.74) is 0.614. The number of ether oxygens (including phenoxy) is 2. The predicted octanol–water partition coefficient (Wildman–Crippen LogP) is 2.55. The first-order valence-electron chi connectivity index (χ1n) is 7.17. The van der Waals surface area contributed by atoms with Crippen LogP contribution in [0.25, 0.3) is 5.69 Å². The zero-order valence-electron chi connectivity index (χ0n) is 11.9. The van der Waals surface area contributed by atoms with E-state index in [0.717, 1.165) is 25.7 Å². The molecular formula is C15H18N2O4. The van der Waals surface area contributed by atoms with Gasteiger partial charge in [-0.1, -0.05) is 11.5 Å². The van der Waals surface area contributed by atoms with Crippen LogP contribution in [0.1, 0.15) is 32.1 Å². The number of rotatable bonds is 4. The molecule has 112 valence electrons. The van der Waals surface area contributed by atoms with Crippen LogP contribution in [0, 0.1) is 0 Å². The molecule has 6 nitrogen and oxygen atoms in total.